The van der Waals surface area contributed by atoms with E-state index in [-0.39, 0.29) is 4.75 Å². The molecule has 1 aromatic carbocycles. The largest absolute Gasteiger partial charge is 0.368 e. The number of piperazine rings is 1. The molecule has 0 bridgehead atoms. The van der Waals surface area contributed by atoms with E-state index in [0.717, 1.165) is 38.1 Å². The van der Waals surface area contributed by atoms with Crippen molar-refractivity contribution in [3.8, 4) is 0 Å². The second-order valence-electron chi connectivity index (χ2n) is 5.59. The molecule has 108 valence electrons. The molecule has 0 radical (unpaired) electrons. The van der Waals surface area contributed by atoms with Crippen molar-refractivity contribution in [2.24, 2.45) is 4.99 Å². The van der Waals surface area contributed by atoms with Crippen molar-refractivity contribution in [2.75, 3.05) is 43.0 Å². The molecule has 0 aromatic heterocycles. The van der Waals surface area contributed by atoms with Crippen LogP contribution in [0.2, 0.25) is 0 Å². The fourth-order valence-corrected chi connectivity index (χ4v) is 4.13. The fraction of sp³-hybridized carbons (Fsp3) is 0.533. The average Bonchev–Trinajstić information content (AvgIpc) is 2.92. The van der Waals surface area contributed by atoms with Gasteiger partial charge in [-0.2, -0.15) is 0 Å². The highest BCUT2D eigenvalue weighted by molar-refractivity contribution is 9.09. The summed E-state index contributed by atoms with van der Waals surface area (Å²) in [6.07, 6.45) is 0. The summed E-state index contributed by atoms with van der Waals surface area (Å²) in [4.78, 5) is 9.64. The Kier molecular flexibility index (Phi) is 4.26. The van der Waals surface area contributed by atoms with Gasteiger partial charge in [-0.05, 0) is 19.1 Å². The second-order valence-corrected chi connectivity index (χ2v) is 7.71. The lowest BCUT2D eigenvalue weighted by atomic mass is 10.2. The van der Waals surface area contributed by atoms with E-state index in [1.54, 1.807) is 0 Å². The molecule has 0 amide bonds. The fourth-order valence-electron chi connectivity index (χ4n) is 2.55. The highest BCUT2D eigenvalue weighted by Gasteiger charge is 2.34. The number of hydrogen-bond acceptors (Lipinski definition) is 4. The lowest BCUT2D eigenvalue weighted by Gasteiger charge is -2.37. The minimum atomic E-state index is 0.242. The number of aliphatic imine (C=N–C) groups is 1. The van der Waals surface area contributed by atoms with E-state index < -0.39 is 0 Å². The van der Waals surface area contributed by atoms with Gasteiger partial charge in [0.25, 0.3) is 0 Å². The van der Waals surface area contributed by atoms with Crippen molar-refractivity contribution >= 4 is 38.5 Å². The Morgan fingerprint density at radius 2 is 1.80 bits per heavy atom. The molecule has 2 heterocycles. The van der Waals surface area contributed by atoms with Gasteiger partial charge in [0.1, 0.15) is 0 Å². The van der Waals surface area contributed by atoms with Gasteiger partial charge in [-0.25, -0.2) is 0 Å². The maximum Gasteiger partial charge on any atom is 0.159 e. The SMILES string of the molecule is CC1(CBr)CN=C(N2CCN(c3ccccc3)CC2)S1. The molecule has 1 atom stereocenters. The normalized spacial score (nSPS) is 26.8. The lowest BCUT2D eigenvalue weighted by molar-refractivity contribution is 0.392. The summed E-state index contributed by atoms with van der Waals surface area (Å²) in [6.45, 7) is 7.50. The number of rotatable bonds is 2. The number of alkyl halides is 1. The highest BCUT2D eigenvalue weighted by Crippen LogP contribution is 2.35. The van der Waals surface area contributed by atoms with Gasteiger partial charge in [-0.15, -0.1) is 0 Å². The molecular weight excluding hydrogens is 334 g/mol. The molecule has 1 saturated heterocycles. The number of benzene rings is 1. The number of thioether (sulfide) groups is 1. The monoisotopic (exact) mass is 353 g/mol. The third-order valence-electron chi connectivity index (χ3n) is 3.84. The summed E-state index contributed by atoms with van der Waals surface area (Å²) in [7, 11) is 0. The quantitative estimate of drug-likeness (QED) is 0.761. The topological polar surface area (TPSA) is 18.8 Å². The minimum Gasteiger partial charge on any atom is -0.368 e. The predicted molar refractivity (Wildman–Crippen MR) is 92.3 cm³/mol. The number of nitrogens with zero attached hydrogens (tertiary/aromatic N) is 3. The van der Waals surface area contributed by atoms with E-state index in [1.807, 2.05) is 11.8 Å². The molecule has 20 heavy (non-hydrogen) atoms. The van der Waals surface area contributed by atoms with Crippen molar-refractivity contribution in [1.82, 2.24) is 4.90 Å². The Morgan fingerprint density at radius 1 is 1.15 bits per heavy atom. The highest BCUT2D eigenvalue weighted by atomic mass is 79.9. The predicted octanol–water partition coefficient (Wildman–Crippen LogP) is 3.07. The summed E-state index contributed by atoms with van der Waals surface area (Å²) >= 11 is 5.53. The van der Waals surface area contributed by atoms with Gasteiger partial charge in [0.2, 0.25) is 0 Å². The van der Waals surface area contributed by atoms with Gasteiger partial charge >= 0.3 is 0 Å². The van der Waals surface area contributed by atoms with Crippen LogP contribution < -0.4 is 4.90 Å². The third-order valence-corrected chi connectivity index (χ3v) is 6.79. The number of anilines is 1. The maximum absolute atomic E-state index is 4.74. The Bertz CT molecular complexity index is 485. The molecule has 3 rings (SSSR count). The van der Waals surface area contributed by atoms with Crippen LogP contribution in [0.4, 0.5) is 5.69 Å². The molecule has 0 spiro atoms. The van der Waals surface area contributed by atoms with Gasteiger partial charge < -0.3 is 9.80 Å². The summed E-state index contributed by atoms with van der Waals surface area (Å²) in [6, 6.07) is 10.7. The summed E-state index contributed by atoms with van der Waals surface area (Å²) in [5.41, 5.74) is 1.33. The first-order valence-corrected chi connectivity index (χ1v) is 8.98. The first-order chi connectivity index (χ1) is 9.70. The molecular formula is C15H20BrN3S. The van der Waals surface area contributed by atoms with Crippen LogP contribution >= 0.6 is 27.7 Å². The van der Waals surface area contributed by atoms with Crippen LogP contribution in [-0.2, 0) is 0 Å². The van der Waals surface area contributed by atoms with Crippen molar-refractivity contribution in [3.05, 3.63) is 30.3 Å². The Labute approximate surface area is 133 Å². The molecule has 3 nitrogen and oxygen atoms in total. The molecule has 0 aliphatic carbocycles. The van der Waals surface area contributed by atoms with Crippen molar-refractivity contribution in [1.29, 1.82) is 0 Å². The summed E-state index contributed by atoms with van der Waals surface area (Å²) in [5.74, 6) is 0. The third kappa shape index (κ3) is 2.98. The van der Waals surface area contributed by atoms with Gasteiger partial charge in [0.05, 0.1) is 11.3 Å². The van der Waals surface area contributed by atoms with Crippen LogP contribution in [0.1, 0.15) is 6.92 Å². The molecule has 1 aromatic rings. The Hall–Kier alpha value is -0.680. The standard InChI is InChI=1S/C15H20BrN3S/c1-15(11-16)12-17-14(20-15)19-9-7-18(8-10-19)13-5-3-2-4-6-13/h2-6H,7-12H2,1H3. The van der Waals surface area contributed by atoms with E-state index >= 15 is 0 Å². The first-order valence-electron chi connectivity index (χ1n) is 7.05. The van der Waals surface area contributed by atoms with Crippen LogP contribution in [0.3, 0.4) is 0 Å². The second kappa shape index (κ2) is 5.98. The minimum absolute atomic E-state index is 0.242. The van der Waals surface area contributed by atoms with Crippen molar-refractivity contribution < 1.29 is 0 Å². The number of amidine groups is 1. The van der Waals surface area contributed by atoms with Crippen LogP contribution in [0.15, 0.2) is 35.3 Å². The lowest BCUT2D eigenvalue weighted by Crippen LogP contribution is -2.48. The van der Waals surface area contributed by atoms with Crippen LogP contribution in [-0.4, -0.2) is 52.9 Å². The zero-order valence-electron chi connectivity index (χ0n) is 11.8. The number of halogens is 1. The smallest absolute Gasteiger partial charge is 0.159 e. The maximum atomic E-state index is 4.74. The van der Waals surface area contributed by atoms with E-state index in [4.69, 9.17) is 4.99 Å². The molecule has 1 unspecified atom stereocenters. The first kappa shape index (κ1) is 14.3. The van der Waals surface area contributed by atoms with Gasteiger partial charge in [-0.3, -0.25) is 4.99 Å². The van der Waals surface area contributed by atoms with Gasteiger partial charge in [0, 0.05) is 37.2 Å². The molecule has 2 aliphatic heterocycles. The molecule has 2 aliphatic rings. The molecule has 1 fully saturated rings. The zero-order valence-corrected chi connectivity index (χ0v) is 14.2. The van der Waals surface area contributed by atoms with Gasteiger partial charge in [0.15, 0.2) is 5.17 Å². The Balaban J connectivity index is 1.57. The van der Waals surface area contributed by atoms with E-state index in [1.165, 1.54) is 10.9 Å². The molecule has 5 heteroatoms. The number of para-hydroxylation sites is 1. The number of hydrogen-bond donors (Lipinski definition) is 0. The van der Waals surface area contributed by atoms with Crippen LogP contribution in [0, 0.1) is 0 Å². The van der Waals surface area contributed by atoms with Crippen LogP contribution in [0.5, 0.6) is 0 Å². The zero-order chi connectivity index (χ0) is 14.0. The molecule has 0 N–H and O–H groups in total. The van der Waals surface area contributed by atoms with E-state index in [2.05, 4.69) is 63.0 Å². The van der Waals surface area contributed by atoms with Crippen LogP contribution in [0.25, 0.3) is 0 Å². The summed E-state index contributed by atoms with van der Waals surface area (Å²) < 4.78 is 0.242. The molecule has 0 saturated carbocycles. The van der Waals surface area contributed by atoms with Crippen molar-refractivity contribution in [3.63, 3.8) is 0 Å². The average molecular weight is 354 g/mol. The summed E-state index contributed by atoms with van der Waals surface area (Å²) in [5, 5.41) is 2.24. The van der Waals surface area contributed by atoms with Crippen molar-refractivity contribution in [2.45, 2.75) is 11.7 Å². The Morgan fingerprint density at radius 3 is 2.40 bits per heavy atom. The van der Waals surface area contributed by atoms with E-state index in [9.17, 15) is 0 Å². The van der Waals surface area contributed by atoms with E-state index in [0.29, 0.717) is 0 Å². The van der Waals surface area contributed by atoms with Gasteiger partial charge in [-0.1, -0.05) is 45.9 Å².